The molecule has 0 bridgehead atoms. The third-order valence-electron chi connectivity index (χ3n) is 6.65. The van der Waals surface area contributed by atoms with Gasteiger partial charge in [0.05, 0.1) is 18.9 Å². The number of aromatic nitrogens is 1. The number of likely N-dealkylation sites (N-methyl/N-ethyl adjacent to an activating group) is 1. The Hall–Kier alpha value is -1.18. The molecule has 4 rings (SSSR count). The van der Waals surface area contributed by atoms with Gasteiger partial charge in [-0.25, -0.2) is 4.98 Å². The summed E-state index contributed by atoms with van der Waals surface area (Å²) in [5, 5.41) is 4.40. The number of ether oxygens (including phenoxy) is 1. The molecule has 0 radical (unpaired) electrons. The molecule has 0 aromatic carbocycles. The second-order valence-corrected chi connectivity index (χ2v) is 9.51. The number of aryl methyl sites for hydroxylation is 1. The van der Waals surface area contributed by atoms with Crippen LogP contribution < -0.4 is 10.2 Å². The lowest BCUT2D eigenvalue weighted by molar-refractivity contribution is -0.126. The Balaban J connectivity index is 1.36. The first-order chi connectivity index (χ1) is 13.1. The second kappa shape index (κ2) is 8.05. The minimum atomic E-state index is 0.0674. The van der Waals surface area contributed by atoms with Crippen molar-refractivity contribution in [3.63, 3.8) is 0 Å². The molecule has 1 saturated heterocycles. The largest absolute Gasteiger partial charge is 0.378 e. The highest BCUT2D eigenvalue weighted by atomic mass is 32.1. The smallest absolute Gasteiger partial charge is 0.223 e. The van der Waals surface area contributed by atoms with Crippen LogP contribution in [0.5, 0.6) is 0 Å². The van der Waals surface area contributed by atoms with E-state index < -0.39 is 0 Å². The molecule has 1 unspecified atom stereocenters. The average Bonchev–Trinajstić information content (AvgIpc) is 3.34. The quantitative estimate of drug-likeness (QED) is 0.831. The van der Waals surface area contributed by atoms with Crippen LogP contribution in [0.2, 0.25) is 0 Å². The van der Waals surface area contributed by atoms with Crippen LogP contribution in [-0.4, -0.2) is 68.3 Å². The minimum absolute atomic E-state index is 0.0674. The summed E-state index contributed by atoms with van der Waals surface area (Å²) in [7, 11) is 4.29. The molecule has 27 heavy (non-hydrogen) atoms. The highest BCUT2D eigenvalue weighted by Crippen LogP contribution is 2.35. The van der Waals surface area contributed by atoms with E-state index in [1.54, 1.807) is 0 Å². The molecule has 150 valence electrons. The molecule has 3 aliphatic rings. The van der Waals surface area contributed by atoms with Crippen molar-refractivity contribution in [2.24, 2.45) is 5.92 Å². The van der Waals surface area contributed by atoms with Crippen molar-refractivity contribution < 1.29 is 9.53 Å². The van der Waals surface area contributed by atoms with Gasteiger partial charge in [0.2, 0.25) is 5.91 Å². The van der Waals surface area contributed by atoms with Gasteiger partial charge in [-0.15, -0.1) is 11.3 Å². The summed E-state index contributed by atoms with van der Waals surface area (Å²) >= 11 is 1.81. The summed E-state index contributed by atoms with van der Waals surface area (Å²) in [5.74, 6) is 0.285. The van der Waals surface area contributed by atoms with Gasteiger partial charge in [-0.3, -0.25) is 4.79 Å². The van der Waals surface area contributed by atoms with Gasteiger partial charge in [0.15, 0.2) is 5.13 Å². The molecule has 1 amide bonds. The normalized spacial score (nSPS) is 24.9. The van der Waals surface area contributed by atoms with Gasteiger partial charge in [-0.2, -0.15) is 0 Å². The fourth-order valence-electron chi connectivity index (χ4n) is 4.69. The van der Waals surface area contributed by atoms with Gasteiger partial charge in [0.25, 0.3) is 0 Å². The highest BCUT2D eigenvalue weighted by Gasteiger charge is 2.37. The maximum Gasteiger partial charge on any atom is 0.223 e. The highest BCUT2D eigenvalue weighted by molar-refractivity contribution is 7.15. The SMILES string of the molecule is CN(C)C1(CNC(=O)C2CCc3sc(N4CCOCC4)nc3C2)CCCC1. The third kappa shape index (κ3) is 4.00. The van der Waals surface area contributed by atoms with E-state index in [2.05, 4.69) is 29.2 Å². The molecule has 2 aliphatic carbocycles. The van der Waals surface area contributed by atoms with Crippen LogP contribution in [0.1, 0.15) is 42.7 Å². The molecule has 7 heteroatoms. The van der Waals surface area contributed by atoms with Gasteiger partial charge in [-0.05, 0) is 39.8 Å². The first-order valence-electron chi connectivity index (χ1n) is 10.3. The summed E-state index contributed by atoms with van der Waals surface area (Å²) in [4.78, 5) is 23.8. The summed E-state index contributed by atoms with van der Waals surface area (Å²) in [6.07, 6.45) is 7.62. The van der Waals surface area contributed by atoms with Crippen LogP contribution in [0.25, 0.3) is 0 Å². The Labute approximate surface area is 166 Å². The molecule has 2 heterocycles. The number of fused-ring (bicyclic) bond motifs is 1. The van der Waals surface area contributed by atoms with E-state index in [1.807, 2.05) is 11.3 Å². The maximum atomic E-state index is 12.9. The van der Waals surface area contributed by atoms with E-state index in [-0.39, 0.29) is 17.4 Å². The zero-order valence-electron chi connectivity index (χ0n) is 16.6. The van der Waals surface area contributed by atoms with Crippen molar-refractivity contribution in [1.82, 2.24) is 15.2 Å². The third-order valence-corrected chi connectivity index (χ3v) is 7.87. The van der Waals surface area contributed by atoms with Gasteiger partial charge in [0.1, 0.15) is 0 Å². The monoisotopic (exact) mass is 392 g/mol. The molecule has 1 aromatic heterocycles. The lowest BCUT2D eigenvalue weighted by Crippen LogP contribution is -2.52. The van der Waals surface area contributed by atoms with Crippen molar-refractivity contribution in [2.45, 2.75) is 50.5 Å². The summed E-state index contributed by atoms with van der Waals surface area (Å²) < 4.78 is 5.44. The predicted molar refractivity (Wildman–Crippen MR) is 109 cm³/mol. The zero-order chi connectivity index (χ0) is 18.9. The number of amides is 1. The number of nitrogens with zero attached hydrogens (tertiary/aromatic N) is 3. The first-order valence-corrected chi connectivity index (χ1v) is 11.2. The Morgan fingerprint density at radius 2 is 2.07 bits per heavy atom. The number of morpholine rings is 1. The van der Waals surface area contributed by atoms with Crippen molar-refractivity contribution >= 4 is 22.4 Å². The van der Waals surface area contributed by atoms with Crippen LogP contribution >= 0.6 is 11.3 Å². The van der Waals surface area contributed by atoms with Crippen LogP contribution in [0, 0.1) is 5.92 Å². The number of hydrogen-bond donors (Lipinski definition) is 1. The molecule has 1 saturated carbocycles. The zero-order valence-corrected chi connectivity index (χ0v) is 17.4. The van der Waals surface area contributed by atoms with Crippen LogP contribution in [0.4, 0.5) is 5.13 Å². The molecule has 2 fully saturated rings. The number of anilines is 1. The van der Waals surface area contributed by atoms with Crippen molar-refractivity contribution in [2.75, 3.05) is 51.8 Å². The molecular weight excluding hydrogens is 360 g/mol. The van der Waals surface area contributed by atoms with E-state index in [1.165, 1.54) is 30.6 Å². The van der Waals surface area contributed by atoms with Crippen molar-refractivity contribution in [3.05, 3.63) is 10.6 Å². The van der Waals surface area contributed by atoms with Crippen LogP contribution in [0.3, 0.4) is 0 Å². The fourth-order valence-corrected chi connectivity index (χ4v) is 5.84. The molecule has 1 aromatic rings. The molecule has 0 spiro atoms. The summed E-state index contributed by atoms with van der Waals surface area (Å²) in [5.41, 5.74) is 1.30. The molecule has 1 atom stereocenters. The maximum absolute atomic E-state index is 12.9. The Bertz CT molecular complexity index is 663. The van der Waals surface area contributed by atoms with Gasteiger partial charge in [-0.1, -0.05) is 12.8 Å². The molecule has 1 N–H and O–H groups in total. The predicted octanol–water partition coefficient (Wildman–Crippen LogP) is 2.08. The van der Waals surface area contributed by atoms with Gasteiger partial charge in [0, 0.05) is 42.4 Å². The molecule has 1 aliphatic heterocycles. The summed E-state index contributed by atoms with van der Waals surface area (Å²) in [6, 6.07) is 0. The van der Waals surface area contributed by atoms with E-state index in [0.29, 0.717) is 0 Å². The van der Waals surface area contributed by atoms with E-state index in [0.717, 1.165) is 62.9 Å². The van der Waals surface area contributed by atoms with Gasteiger partial charge < -0.3 is 19.9 Å². The average molecular weight is 393 g/mol. The van der Waals surface area contributed by atoms with E-state index in [4.69, 9.17) is 9.72 Å². The Morgan fingerprint density at radius 3 is 2.78 bits per heavy atom. The summed E-state index contributed by atoms with van der Waals surface area (Å²) in [6.45, 7) is 4.18. The minimum Gasteiger partial charge on any atom is -0.378 e. The Morgan fingerprint density at radius 1 is 1.33 bits per heavy atom. The number of nitrogens with one attached hydrogen (secondary N) is 1. The van der Waals surface area contributed by atoms with Crippen molar-refractivity contribution in [3.8, 4) is 0 Å². The number of hydrogen-bond acceptors (Lipinski definition) is 6. The molecule has 6 nitrogen and oxygen atoms in total. The van der Waals surface area contributed by atoms with Crippen LogP contribution in [-0.2, 0) is 22.4 Å². The van der Waals surface area contributed by atoms with Gasteiger partial charge >= 0.3 is 0 Å². The Kier molecular flexibility index (Phi) is 5.71. The lowest BCUT2D eigenvalue weighted by atomic mass is 9.89. The lowest BCUT2D eigenvalue weighted by Gasteiger charge is -2.37. The van der Waals surface area contributed by atoms with Crippen LogP contribution in [0.15, 0.2) is 0 Å². The number of rotatable bonds is 5. The number of thiazole rings is 1. The van der Waals surface area contributed by atoms with E-state index in [9.17, 15) is 4.79 Å². The number of carbonyl (C=O) groups excluding carboxylic acids is 1. The van der Waals surface area contributed by atoms with Crippen molar-refractivity contribution in [1.29, 1.82) is 0 Å². The topological polar surface area (TPSA) is 57.7 Å². The second-order valence-electron chi connectivity index (χ2n) is 8.45. The van der Waals surface area contributed by atoms with E-state index >= 15 is 0 Å². The fraction of sp³-hybridized carbons (Fsp3) is 0.800. The number of carbonyl (C=O) groups is 1. The standard InChI is InChI=1S/C20H32N4O2S/c1-23(2)20(7-3-4-8-20)14-21-18(25)15-5-6-17-16(13-15)22-19(27-17)24-9-11-26-12-10-24/h15H,3-14H2,1-2H3,(H,21,25). The first kappa shape index (κ1) is 19.2. The molecular formula is C20H32N4O2S.